The summed E-state index contributed by atoms with van der Waals surface area (Å²) in [5.74, 6) is -5.38. The average molecular weight is 378 g/mol. The maximum Gasteiger partial charge on any atom is 0.403 e. The van der Waals surface area contributed by atoms with Gasteiger partial charge in [-0.1, -0.05) is 0 Å². The van der Waals surface area contributed by atoms with Gasteiger partial charge >= 0.3 is 7.87 Å². The Morgan fingerprint density at radius 2 is 1.41 bits per heavy atom. The van der Waals surface area contributed by atoms with Crippen LogP contribution in [0.25, 0.3) is 0 Å². The lowest BCUT2D eigenvalue weighted by Crippen LogP contribution is -2.37. The van der Waals surface area contributed by atoms with Crippen LogP contribution in [0.15, 0.2) is 9.03 Å². The Morgan fingerprint density at radius 1 is 1.00 bits per heavy atom. The minimum absolute atomic E-state index is 0.896. The molecule has 2 aliphatic heterocycles. The van der Waals surface area contributed by atoms with Crippen molar-refractivity contribution >= 4 is 64.6 Å². The Morgan fingerprint density at radius 3 is 1.82 bits per heavy atom. The van der Waals surface area contributed by atoms with Gasteiger partial charge in [0.2, 0.25) is 0 Å². The van der Waals surface area contributed by atoms with Gasteiger partial charge in [-0.25, -0.2) is 0 Å². The molecule has 2 heterocycles. The third kappa shape index (κ3) is 3.16. The summed E-state index contributed by atoms with van der Waals surface area (Å²) in [6.45, 7) is 1.79. The summed E-state index contributed by atoms with van der Waals surface area (Å²) in [6.07, 6.45) is 1.05. The first-order valence-corrected chi connectivity index (χ1v) is 13.6. The van der Waals surface area contributed by atoms with E-state index in [-0.39, 0.29) is 0 Å². The highest BCUT2D eigenvalue weighted by molar-refractivity contribution is 8.23. The number of halogens is 4. The lowest BCUT2D eigenvalue weighted by Gasteiger charge is -2.38. The summed E-state index contributed by atoms with van der Waals surface area (Å²) >= 11 is 24.7. The Bertz CT molecular complexity index is 391. The van der Waals surface area contributed by atoms with Gasteiger partial charge in [0.05, 0.1) is 0 Å². The zero-order valence-electron chi connectivity index (χ0n) is 9.26. The molecule has 2 aliphatic rings. The van der Waals surface area contributed by atoms with Gasteiger partial charge in [-0.2, -0.15) is 4.86 Å². The molecule has 0 unspecified atom stereocenters. The molecular formula is C5H13Cl4N5P3+. The number of nitrogens with one attached hydrogen (secondary N) is 1. The van der Waals surface area contributed by atoms with Crippen molar-refractivity contribution in [3.8, 4) is 0 Å². The third-order valence-corrected chi connectivity index (χ3v) is 15.6. The highest BCUT2D eigenvalue weighted by Gasteiger charge is 2.58. The van der Waals surface area contributed by atoms with Crippen LogP contribution >= 0.6 is 64.6 Å². The molecular weight excluding hydrogens is 365 g/mol. The molecule has 0 atom stereocenters. The van der Waals surface area contributed by atoms with Gasteiger partial charge in [0, 0.05) is 27.2 Å². The summed E-state index contributed by atoms with van der Waals surface area (Å²) in [6, 6.07) is 0. The van der Waals surface area contributed by atoms with Crippen molar-refractivity contribution in [2.24, 2.45) is 9.03 Å². The summed E-state index contributed by atoms with van der Waals surface area (Å²) in [7, 11) is 1.64. The van der Waals surface area contributed by atoms with Crippen LogP contribution in [0.4, 0.5) is 0 Å². The number of nitrogens with zero attached hydrogens (tertiary/aromatic N) is 4. The molecule has 1 saturated heterocycles. The number of hydrogen-bond donors (Lipinski definition) is 1. The van der Waals surface area contributed by atoms with E-state index in [9.17, 15) is 0 Å². The average Bonchev–Trinajstić information content (AvgIpc) is 2.09. The molecule has 2 rings (SSSR count). The van der Waals surface area contributed by atoms with E-state index in [2.05, 4.69) is 23.2 Å². The zero-order valence-corrected chi connectivity index (χ0v) is 15.0. The fourth-order valence-electron chi connectivity index (χ4n) is 1.83. The second-order valence-corrected chi connectivity index (χ2v) is 17.4. The van der Waals surface area contributed by atoms with Crippen LogP contribution in [-0.4, -0.2) is 36.5 Å². The van der Waals surface area contributed by atoms with E-state index in [0.717, 1.165) is 19.5 Å². The first-order valence-electron chi connectivity index (χ1n) is 4.85. The Hall–Kier alpha value is 1.93. The largest absolute Gasteiger partial charge is 0.403 e. The van der Waals surface area contributed by atoms with Crippen LogP contribution in [0.2, 0.25) is 0 Å². The van der Waals surface area contributed by atoms with Crippen molar-refractivity contribution in [2.45, 2.75) is 6.42 Å². The van der Waals surface area contributed by atoms with Gasteiger partial charge in [0.1, 0.15) is 0 Å². The van der Waals surface area contributed by atoms with Gasteiger partial charge in [0.25, 0.3) is 11.8 Å². The van der Waals surface area contributed by atoms with Crippen molar-refractivity contribution in [1.82, 2.24) is 14.2 Å². The molecule has 1 N–H and O–H groups in total. The third-order valence-electron chi connectivity index (χ3n) is 2.58. The van der Waals surface area contributed by atoms with E-state index in [1.54, 1.807) is 0 Å². The normalized spacial score (nSPS) is 31.9. The lowest BCUT2D eigenvalue weighted by molar-refractivity contribution is 0.369. The van der Waals surface area contributed by atoms with Crippen molar-refractivity contribution in [3.63, 3.8) is 0 Å². The first-order chi connectivity index (χ1) is 7.67. The summed E-state index contributed by atoms with van der Waals surface area (Å²) in [5, 5.41) is 0. The van der Waals surface area contributed by atoms with Crippen LogP contribution in [0.3, 0.4) is 0 Å². The van der Waals surface area contributed by atoms with Gasteiger partial charge in [-0.05, 0) is 60.4 Å². The topological polar surface area (TPSA) is 43.2 Å². The van der Waals surface area contributed by atoms with Gasteiger partial charge in [-0.3, -0.25) is 0 Å². The summed E-state index contributed by atoms with van der Waals surface area (Å²) < 4.78 is 13.3. The molecule has 100 valence electrons. The number of rotatable bonds is 0. The maximum atomic E-state index is 6.18. The van der Waals surface area contributed by atoms with Crippen LogP contribution in [0, 0.1) is 0 Å². The highest BCUT2D eigenvalue weighted by atomic mass is 35.9. The Kier molecular flexibility index (Phi) is 4.54. The molecule has 0 aliphatic carbocycles. The van der Waals surface area contributed by atoms with Gasteiger partial charge in [0.15, 0.2) is 0 Å². The molecule has 1 spiro atoms. The van der Waals surface area contributed by atoms with E-state index >= 15 is 0 Å². The SMILES string of the molecule is CN1CCCN(C)[P+]12N=P(Cl)(Cl)NP(Cl)(Cl)=N2. The number of hydrogen-bond acceptors (Lipinski definition) is 5. The summed E-state index contributed by atoms with van der Waals surface area (Å²) in [5.41, 5.74) is 0. The zero-order chi connectivity index (χ0) is 12.9. The fraction of sp³-hybridized carbons (Fsp3) is 1.00. The van der Waals surface area contributed by atoms with Gasteiger partial charge in [-0.15, -0.1) is 9.34 Å². The summed E-state index contributed by atoms with van der Waals surface area (Å²) in [4.78, 5) is 2.77. The maximum absolute atomic E-state index is 6.18. The van der Waals surface area contributed by atoms with Crippen molar-refractivity contribution in [3.05, 3.63) is 0 Å². The molecule has 0 aromatic carbocycles. The minimum Gasteiger partial charge on any atom is -0.194 e. The molecule has 0 bridgehead atoms. The molecule has 0 radical (unpaired) electrons. The molecule has 5 nitrogen and oxygen atoms in total. The molecule has 1 fully saturated rings. The molecule has 0 aromatic heterocycles. The van der Waals surface area contributed by atoms with Crippen LogP contribution in [0.5, 0.6) is 0 Å². The second-order valence-electron chi connectivity index (χ2n) is 3.90. The van der Waals surface area contributed by atoms with E-state index in [1.165, 1.54) is 0 Å². The second kappa shape index (κ2) is 5.04. The Labute approximate surface area is 121 Å². The van der Waals surface area contributed by atoms with Crippen molar-refractivity contribution in [2.75, 3.05) is 27.2 Å². The van der Waals surface area contributed by atoms with E-state index in [4.69, 9.17) is 45.0 Å². The minimum atomic E-state index is -2.69. The smallest absolute Gasteiger partial charge is 0.194 e. The molecule has 0 aromatic rings. The standard InChI is InChI=1S/C5H13Cl4N5P3/c1-13-4-3-5-14(2)17(13)11-15(6,7)10-16(8,9)12-17/h10H,3-5H2,1-2H3/q+1. The highest BCUT2D eigenvalue weighted by Crippen LogP contribution is 2.87. The predicted octanol–water partition coefficient (Wildman–Crippen LogP) is 5.38. The predicted molar refractivity (Wildman–Crippen MR) is 82.0 cm³/mol. The van der Waals surface area contributed by atoms with Gasteiger partial charge < -0.3 is 0 Å². The molecule has 0 amide bonds. The molecule has 12 heteroatoms. The first kappa shape index (κ1) is 15.3. The van der Waals surface area contributed by atoms with E-state index in [1.807, 2.05) is 14.1 Å². The van der Waals surface area contributed by atoms with Crippen molar-refractivity contribution in [1.29, 1.82) is 0 Å². The molecule has 17 heavy (non-hydrogen) atoms. The quantitative estimate of drug-likeness (QED) is 0.576. The Balaban J connectivity index is 2.57. The van der Waals surface area contributed by atoms with E-state index in [0.29, 0.717) is 0 Å². The van der Waals surface area contributed by atoms with Crippen LogP contribution < -0.4 is 4.86 Å². The molecule has 0 saturated carbocycles. The van der Waals surface area contributed by atoms with Crippen LogP contribution in [0.1, 0.15) is 6.42 Å². The fourth-order valence-corrected chi connectivity index (χ4v) is 19.0. The lowest BCUT2D eigenvalue weighted by atomic mass is 10.4. The van der Waals surface area contributed by atoms with Crippen molar-refractivity contribution < 1.29 is 0 Å². The van der Waals surface area contributed by atoms with E-state index < -0.39 is 19.7 Å². The monoisotopic (exact) mass is 376 g/mol. The van der Waals surface area contributed by atoms with Crippen LogP contribution in [-0.2, 0) is 0 Å².